The average molecular weight is 499 g/mol. The second-order valence-electron chi connectivity index (χ2n) is 7.12. The molecule has 2 N–H and O–H groups in total. The van der Waals surface area contributed by atoms with E-state index in [0.29, 0.717) is 17.2 Å². The molecule has 4 rings (SSSR count). The molecule has 7 nitrogen and oxygen atoms in total. The first-order valence-corrected chi connectivity index (χ1v) is 11.2. The van der Waals surface area contributed by atoms with Gasteiger partial charge in [-0.2, -0.15) is 0 Å². The number of H-pyrrole nitrogens is 1. The maximum atomic E-state index is 12.5. The summed E-state index contributed by atoms with van der Waals surface area (Å²) in [7, 11) is 0. The van der Waals surface area contributed by atoms with Crippen molar-refractivity contribution in [1.82, 2.24) is 14.5 Å². The molecular weight excluding hydrogens is 480 g/mol. The molecule has 31 heavy (non-hydrogen) atoms. The van der Waals surface area contributed by atoms with Gasteiger partial charge in [0.05, 0.1) is 15.9 Å². The zero-order chi connectivity index (χ0) is 22.3. The van der Waals surface area contributed by atoms with Crippen LogP contribution in [0.25, 0.3) is 15.9 Å². The molecule has 0 bridgehead atoms. The quantitative estimate of drug-likeness (QED) is 0.403. The van der Waals surface area contributed by atoms with Crippen LogP contribution in [0.5, 0.6) is 5.88 Å². The lowest BCUT2D eigenvalue weighted by Crippen LogP contribution is -2.31. The number of hydrogen-bond acceptors (Lipinski definition) is 6. The minimum absolute atomic E-state index is 0.115. The Morgan fingerprint density at radius 1 is 1.23 bits per heavy atom. The Morgan fingerprint density at radius 3 is 2.71 bits per heavy atom. The van der Waals surface area contributed by atoms with Crippen molar-refractivity contribution in [1.29, 1.82) is 0 Å². The lowest BCUT2D eigenvalue weighted by Gasteiger charge is -2.13. The number of rotatable bonds is 4. The highest BCUT2D eigenvalue weighted by atomic mass is 79.9. The number of aliphatic imine (C=N–C) groups is 1. The molecule has 9 heteroatoms. The largest absolute Gasteiger partial charge is 0.493 e. The monoisotopic (exact) mass is 498 g/mol. The Hall–Kier alpha value is -3.04. The molecule has 0 saturated carbocycles. The molecule has 2 heterocycles. The van der Waals surface area contributed by atoms with E-state index in [1.54, 1.807) is 12.1 Å². The fourth-order valence-corrected chi connectivity index (χ4v) is 4.58. The number of nitrogens with zero attached hydrogens (tertiary/aromatic N) is 3. The second kappa shape index (κ2) is 8.24. The number of hydrogen-bond donors (Lipinski definition) is 2. The molecule has 0 fully saturated rings. The second-order valence-corrected chi connectivity index (χ2v) is 9.04. The maximum Gasteiger partial charge on any atom is 0.335 e. The molecule has 0 amide bonds. The van der Waals surface area contributed by atoms with Crippen molar-refractivity contribution in [2.75, 3.05) is 0 Å². The number of halogens is 1. The van der Waals surface area contributed by atoms with E-state index in [1.807, 2.05) is 39.0 Å². The lowest BCUT2D eigenvalue weighted by molar-refractivity contribution is 0.429. The van der Waals surface area contributed by atoms with Crippen molar-refractivity contribution in [3.8, 4) is 11.6 Å². The third kappa shape index (κ3) is 3.98. The molecule has 0 atom stereocenters. The van der Waals surface area contributed by atoms with Crippen LogP contribution >= 0.6 is 27.3 Å². The predicted molar refractivity (Wildman–Crippen MR) is 128 cm³/mol. The molecule has 158 valence electrons. The first-order valence-electron chi connectivity index (χ1n) is 9.57. The predicted octanol–water partition coefficient (Wildman–Crippen LogP) is 4.53. The van der Waals surface area contributed by atoms with E-state index in [2.05, 4.69) is 30.9 Å². The Labute approximate surface area is 189 Å². The van der Waals surface area contributed by atoms with Gasteiger partial charge in [0, 0.05) is 10.7 Å². The van der Waals surface area contributed by atoms with Crippen molar-refractivity contribution >= 4 is 48.8 Å². The zero-order valence-electron chi connectivity index (χ0n) is 17.1. The standard InChI is InChI=1S/C22H19BrN4O3S/c1-4-13-9-14(23)5-6-17(13)27-20(29)15(19(28)26-22(27)30)10-24-21-25-16-7-11(2)12(3)8-18(16)31-21/h5-10,29H,4H2,1-3H3,(H,26,28,30). The molecule has 4 aromatic rings. The summed E-state index contributed by atoms with van der Waals surface area (Å²) in [6.07, 6.45) is 1.87. The van der Waals surface area contributed by atoms with Crippen molar-refractivity contribution in [2.24, 2.45) is 4.99 Å². The van der Waals surface area contributed by atoms with E-state index >= 15 is 0 Å². The highest BCUT2D eigenvalue weighted by molar-refractivity contribution is 9.10. The van der Waals surface area contributed by atoms with E-state index in [1.165, 1.54) is 17.6 Å². The van der Waals surface area contributed by atoms with Crippen LogP contribution in [0.2, 0.25) is 0 Å². The number of thiazole rings is 1. The summed E-state index contributed by atoms with van der Waals surface area (Å²) in [6, 6.07) is 9.38. The Morgan fingerprint density at radius 2 is 1.97 bits per heavy atom. The minimum Gasteiger partial charge on any atom is -0.493 e. The smallest absolute Gasteiger partial charge is 0.335 e. The zero-order valence-corrected chi connectivity index (χ0v) is 19.5. The fourth-order valence-electron chi connectivity index (χ4n) is 3.28. The van der Waals surface area contributed by atoms with Gasteiger partial charge in [0.1, 0.15) is 5.56 Å². The Kier molecular flexibility index (Phi) is 5.63. The van der Waals surface area contributed by atoms with E-state index < -0.39 is 17.1 Å². The number of aromatic nitrogens is 3. The molecule has 0 saturated heterocycles. The van der Waals surface area contributed by atoms with Gasteiger partial charge in [-0.25, -0.2) is 19.3 Å². The van der Waals surface area contributed by atoms with Crippen molar-refractivity contribution < 1.29 is 5.11 Å². The van der Waals surface area contributed by atoms with Gasteiger partial charge in [0.15, 0.2) is 0 Å². The molecule has 0 aliphatic heterocycles. The Balaban J connectivity index is 1.82. The lowest BCUT2D eigenvalue weighted by atomic mass is 10.1. The highest BCUT2D eigenvalue weighted by Crippen LogP contribution is 2.30. The van der Waals surface area contributed by atoms with Crippen LogP contribution in [0.3, 0.4) is 0 Å². The van der Waals surface area contributed by atoms with E-state index in [0.717, 1.165) is 35.9 Å². The molecule has 0 radical (unpaired) electrons. The van der Waals surface area contributed by atoms with Crippen molar-refractivity contribution in [2.45, 2.75) is 27.2 Å². The summed E-state index contributed by atoms with van der Waals surface area (Å²) < 4.78 is 2.92. The summed E-state index contributed by atoms with van der Waals surface area (Å²) in [5.41, 5.74) is 2.89. The van der Waals surface area contributed by atoms with Gasteiger partial charge in [0.25, 0.3) is 5.56 Å². The SMILES string of the molecule is CCc1cc(Br)ccc1-n1c(O)c(C=Nc2nc3cc(C)c(C)cc3s2)c(=O)[nH]c1=O. The number of nitrogens with one attached hydrogen (secondary N) is 1. The van der Waals surface area contributed by atoms with E-state index in [9.17, 15) is 14.7 Å². The first-order chi connectivity index (χ1) is 14.8. The maximum absolute atomic E-state index is 12.5. The first kappa shape index (κ1) is 21.2. The van der Waals surface area contributed by atoms with Crippen LogP contribution in [0.15, 0.2) is 49.4 Å². The minimum atomic E-state index is -0.720. The van der Waals surface area contributed by atoms with Gasteiger partial charge in [0.2, 0.25) is 11.0 Å². The van der Waals surface area contributed by atoms with Gasteiger partial charge in [-0.1, -0.05) is 34.2 Å². The summed E-state index contributed by atoms with van der Waals surface area (Å²) in [5.74, 6) is -0.470. The van der Waals surface area contributed by atoms with Gasteiger partial charge in [-0.05, 0) is 67.3 Å². The third-order valence-corrected chi connectivity index (χ3v) is 6.50. The number of aryl methyl sites for hydroxylation is 3. The Bertz CT molecular complexity index is 1430. The van der Waals surface area contributed by atoms with Crippen LogP contribution in [0.1, 0.15) is 29.2 Å². The van der Waals surface area contributed by atoms with E-state index in [4.69, 9.17) is 0 Å². The number of aromatic amines is 1. The summed E-state index contributed by atoms with van der Waals surface area (Å²) in [5, 5.41) is 11.3. The van der Waals surface area contributed by atoms with Crippen molar-refractivity contribution in [3.05, 3.63) is 77.9 Å². The normalized spacial score (nSPS) is 11.6. The van der Waals surface area contributed by atoms with Gasteiger partial charge < -0.3 is 5.11 Å². The summed E-state index contributed by atoms with van der Waals surface area (Å²) in [4.78, 5) is 35.9. The molecular formula is C22H19BrN4O3S. The molecule has 2 aromatic heterocycles. The summed E-state index contributed by atoms with van der Waals surface area (Å²) in [6.45, 7) is 5.99. The number of fused-ring (bicyclic) bond motifs is 1. The molecule has 2 aromatic carbocycles. The molecule has 0 spiro atoms. The van der Waals surface area contributed by atoms with Crippen LogP contribution in [-0.4, -0.2) is 25.9 Å². The van der Waals surface area contributed by atoms with Crippen LogP contribution in [0, 0.1) is 13.8 Å². The molecule has 0 unspecified atom stereocenters. The van der Waals surface area contributed by atoms with Crippen molar-refractivity contribution in [3.63, 3.8) is 0 Å². The third-order valence-electron chi connectivity index (χ3n) is 5.08. The topological polar surface area (TPSA) is 100 Å². The van der Waals surface area contributed by atoms with Crippen LogP contribution in [0.4, 0.5) is 5.13 Å². The summed E-state index contributed by atoms with van der Waals surface area (Å²) >= 11 is 4.80. The fraction of sp³-hybridized carbons (Fsp3) is 0.182. The number of aromatic hydroxyl groups is 1. The van der Waals surface area contributed by atoms with E-state index in [-0.39, 0.29) is 5.56 Å². The highest BCUT2D eigenvalue weighted by Gasteiger charge is 2.17. The van der Waals surface area contributed by atoms with Crippen LogP contribution in [-0.2, 0) is 6.42 Å². The molecule has 0 aliphatic rings. The average Bonchev–Trinajstić information content (AvgIpc) is 3.10. The number of benzene rings is 2. The van der Waals surface area contributed by atoms with Gasteiger partial charge in [-0.3, -0.25) is 9.78 Å². The van der Waals surface area contributed by atoms with Gasteiger partial charge >= 0.3 is 5.69 Å². The van der Waals surface area contributed by atoms with Crippen LogP contribution < -0.4 is 11.2 Å². The van der Waals surface area contributed by atoms with Gasteiger partial charge in [-0.15, -0.1) is 0 Å². The molecule has 0 aliphatic carbocycles.